The fraction of sp³-hybridized carbons (Fsp3) is 0.562. The molecule has 3 N–H and O–H groups in total. The first kappa shape index (κ1) is 17.8. The van der Waals surface area contributed by atoms with Crippen LogP contribution in [0.1, 0.15) is 39.2 Å². The maximum Gasteiger partial charge on any atom is 0.260 e. The summed E-state index contributed by atoms with van der Waals surface area (Å²) in [5.41, 5.74) is 6.51. The van der Waals surface area contributed by atoms with Crippen LogP contribution in [0.3, 0.4) is 0 Å². The number of nitrogens with one attached hydrogen (secondary N) is 1. The summed E-state index contributed by atoms with van der Waals surface area (Å²) in [7, 11) is 0. The first-order chi connectivity index (χ1) is 9.99. The van der Waals surface area contributed by atoms with Crippen molar-refractivity contribution >= 4 is 17.5 Å². The molecule has 0 saturated carbocycles. The number of para-hydroxylation sites is 1. The van der Waals surface area contributed by atoms with Crippen molar-refractivity contribution in [1.82, 2.24) is 5.32 Å². The molecule has 2 unspecified atom stereocenters. The molecular weight excluding hydrogens is 288 g/mol. The topological polar surface area (TPSA) is 64.3 Å². The van der Waals surface area contributed by atoms with Crippen LogP contribution in [0.25, 0.3) is 0 Å². The van der Waals surface area contributed by atoms with E-state index in [4.69, 9.17) is 22.1 Å². The van der Waals surface area contributed by atoms with Crippen LogP contribution in [0.5, 0.6) is 5.75 Å². The average molecular weight is 313 g/mol. The summed E-state index contributed by atoms with van der Waals surface area (Å²) in [5, 5.41) is 3.44. The Balaban J connectivity index is 2.74. The van der Waals surface area contributed by atoms with Crippen molar-refractivity contribution in [2.24, 2.45) is 5.73 Å². The van der Waals surface area contributed by atoms with Gasteiger partial charge in [0.1, 0.15) is 5.75 Å². The lowest BCUT2D eigenvalue weighted by molar-refractivity contribution is -0.127. The second kappa shape index (κ2) is 8.90. The van der Waals surface area contributed by atoms with Crippen LogP contribution >= 0.6 is 11.6 Å². The first-order valence-electron chi connectivity index (χ1n) is 7.44. The molecular formula is C16H25ClN2O2. The summed E-state index contributed by atoms with van der Waals surface area (Å²) in [5.74, 6) is 0.421. The van der Waals surface area contributed by atoms with Gasteiger partial charge in [0.2, 0.25) is 0 Å². The fourth-order valence-electron chi connectivity index (χ4n) is 2.13. The molecule has 1 aromatic carbocycles. The molecule has 4 nitrogen and oxygen atoms in total. The molecule has 0 heterocycles. The number of benzene rings is 1. The summed E-state index contributed by atoms with van der Waals surface area (Å²) in [4.78, 5) is 12.1. The standard InChI is InChI=1S/C16H25ClN2O2/c1-4-6-11(2)19-16(20)12(3)21-15-13(9-10-18)7-5-8-14(15)17/h5,7-8,11-12H,4,6,9-10,18H2,1-3H3,(H,19,20). The molecule has 0 fully saturated rings. The van der Waals surface area contributed by atoms with Gasteiger partial charge in [-0.1, -0.05) is 37.1 Å². The normalized spacial score (nSPS) is 13.6. The van der Waals surface area contributed by atoms with Crippen LogP contribution in [0.4, 0.5) is 0 Å². The molecule has 0 aliphatic carbocycles. The Bertz CT molecular complexity index is 466. The molecule has 118 valence electrons. The minimum absolute atomic E-state index is 0.130. The number of halogens is 1. The van der Waals surface area contributed by atoms with Crippen LogP contribution in [0.2, 0.25) is 5.02 Å². The fourth-order valence-corrected chi connectivity index (χ4v) is 2.37. The summed E-state index contributed by atoms with van der Waals surface area (Å²) >= 11 is 6.17. The molecule has 0 saturated heterocycles. The lowest BCUT2D eigenvalue weighted by Gasteiger charge is -2.20. The largest absolute Gasteiger partial charge is 0.479 e. The van der Waals surface area contributed by atoms with Crippen LogP contribution in [-0.2, 0) is 11.2 Å². The number of hydrogen-bond acceptors (Lipinski definition) is 3. The molecule has 0 bridgehead atoms. The molecule has 0 aliphatic heterocycles. The van der Waals surface area contributed by atoms with Crippen LogP contribution in [0.15, 0.2) is 18.2 Å². The molecule has 0 aromatic heterocycles. The number of carbonyl (C=O) groups excluding carboxylic acids is 1. The number of carbonyl (C=O) groups is 1. The minimum atomic E-state index is -0.597. The third kappa shape index (κ3) is 5.56. The molecule has 21 heavy (non-hydrogen) atoms. The quantitative estimate of drug-likeness (QED) is 0.775. The highest BCUT2D eigenvalue weighted by Crippen LogP contribution is 2.29. The van der Waals surface area contributed by atoms with Crippen molar-refractivity contribution < 1.29 is 9.53 Å². The van der Waals surface area contributed by atoms with Gasteiger partial charge < -0.3 is 15.8 Å². The predicted octanol–water partition coefficient (Wildman–Crippen LogP) is 2.91. The van der Waals surface area contributed by atoms with E-state index in [0.29, 0.717) is 23.7 Å². The van der Waals surface area contributed by atoms with E-state index in [9.17, 15) is 4.79 Å². The van der Waals surface area contributed by atoms with E-state index in [0.717, 1.165) is 18.4 Å². The summed E-state index contributed by atoms with van der Waals surface area (Å²) in [6.07, 6.45) is 2.04. The van der Waals surface area contributed by atoms with Crippen molar-refractivity contribution in [2.45, 2.75) is 52.2 Å². The second-order valence-electron chi connectivity index (χ2n) is 5.23. The highest BCUT2D eigenvalue weighted by atomic mass is 35.5. The number of hydrogen-bond donors (Lipinski definition) is 2. The van der Waals surface area contributed by atoms with Gasteiger partial charge in [-0.3, -0.25) is 4.79 Å². The summed E-state index contributed by atoms with van der Waals surface area (Å²) in [6, 6.07) is 5.66. The van der Waals surface area contributed by atoms with E-state index in [1.54, 1.807) is 13.0 Å². The van der Waals surface area contributed by atoms with Crippen molar-refractivity contribution in [3.8, 4) is 5.75 Å². The minimum Gasteiger partial charge on any atom is -0.479 e. The number of nitrogens with two attached hydrogens (primary N) is 1. The van der Waals surface area contributed by atoms with Gasteiger partial charge in [-0.25, -0.2) is 0 Å². The molecule has 0 spiro atoms. The van der Waals surface area contributed by atoms with E-state index >= 15 is 0 Å². The number of ether oxygens (including phenoxy) is 1. The Morgan fingerprint density at radius 2 is 2.14 bits per heavy atom. The van der Waals surface area contributed by atoms with E-state index in [1.165, 1.54) is 0 Å². The third-order valence-corrected chi connectivity index (χ3v) is 3.53. The molecule has 2 atom stereocenters. The number of rotatable bonds is 8. The van der Waals surface area contributed by atoms with Gasteiger partial charge in [0.25, 0.3) is 5.91 Å². The Morgan fingerprint density at radius 3 is 2.76 bits per heavy atom. The monoisotopic (exact) mass is 312 g/mol. The molecule has 1 rings (SSSR count). The van der Waals surface area contributed by atoms with E-state index in [-0.39, 0.29) is 11.9 Å². The van der Waals surface area contributed by atoms with Gasteiger partial charge in [0.05, 0.1) is 5.02 Å². The zero-order valence-corrected chi connectivity index (χ0v) is 13.7. The van der Waals surface area contributed by atoms with Crippen molar-refractivity contribution in [1.29, 1.82) is 0 Å². The molecule has 1 aromatic rings. The molecule has 0 radical (unpaired) electrons. The Kier molecular flexibility index (Phi) is 7.54. The van der Waals surface area contributed by atoms with Gasteiger partial charge in [-0.05, 0) is 44.9 Å². The maximum atomic E-state index is 12.1. The van der Waals surface area contributed by atoms with Crippen LogP contribution < -0.4 is 15.8 Å². The van der Waals surface area contributed by atoms with Gasteiger partial charge in [0.15, 0.2) is 6.10 Å². The van der Waals surface area contributed by atoms with Crippen molar-refractivity contribution in [3.05, 3.63) is 28.8 Å². The lowest BCUT2D eigenvalue weighted by Crippen LogP contribution is -2.41. The zero-order chi connectivity index (χ0) is 15.8. The van der Waals surface area contributed by atoms with Gasteiger partial charge in [-0.2, -0.15) is 0 Å². The zero-order valence-electron chi connectivity index (χ0n) is 13.0. The summed E-state index contributed by atoms with van der Waals surface area (Å²) in [6.45, 7) is 6.31. The van der Waals surface area contributed by atoms with Gasteiger partial charge >= 0.3 is 0 Å². The Morgan fingerprint density at radius 1 is 1.43 bits per heavy atom. The van der Waals surface area contributed by atoms with Gasteiger partial charge in [-0.15, -0.1) is 0 Å². The Labute approximate surface area is 132 Å². The van der Waals surface area contributed by atoms with E-state index in [2.05, 4.69) is 12.2 Å². The van der Waals surface area contributed by atoms with E-state index in [1.807, 2.05) is 19.1 Å². The average Bonchev–Trinajstić information content (AvgIpc) is 2.42. The number of amides is 1. The van der Waals surface area contributed by atoms with Crippen LogP contribution in [0, 0.1) is 0 Å². The van der Waals surface area contributed by atoms with Gasteiger partial charge in [0, 0.05) is 6.04 Å². The smallest absolute Gasteiger partial charge is 0.260 e. The molecule has 5 heteroatoms. The lowest BCUT2D eigenvalue weighted by atomic mass is 10.1. The van der Waals surface area contributed by atoms with Crippen molar-refractivity contribution in [3.63, 3.8) is 0 Å². The second-order valence-corrected chi connectivity index (χ2v) is 5.63. The molecule has 0 aliphatic rings. The van der Waals surface area contributed by atoms with Crippen molar-refractivity contribution in [2.75, 3.05) is 6.54 Å². The maximum absolute atomic E-state index is 12.1. The van der Waals surface area contributed by atoms with Crippen LogP contribution in [-0.4, -0.2) is 24.6 Å². The predicted molar refractivity (Wildman–Crippen MR) is 86.8 cm³/mol. The molecule has 1 amide bonds. The van der Waals surface area contributed by atoms with E-state index < -0.39 is 6.10 Å². The third-order valence-electron chi connectivity index (χ3n) is 3.24. The SMILES string of the molecule is CCCC(C)NC(=O)C(C)Oc1c(Cl)cccc1CCN. The highest BCUT2D eigenvalue weighted by Gasteiger charge is 2.19. The summed E-state index contributed by atoms with van der Waals surface area (Å²) < 4.78 is 5.77. The Hall–Kier alpha value is -1.26. The highest BCUT2D eigenvalue weighted by molar-refractivity contribution is 6.32. The first-order valence-corrected chi connectivity index (χ1v) is 7.81.